The van der Waals surface area contributed by atoms with Gasteiger partial charge in [-0.25, -0.2) is 9.67 Å². The van der Waals surface area contributed by atoms with Gasteiger partial charge in [-0.1, -0.05) is 23.7 Å². The Balaban J connectivity index is 1.61. The van der Waals surface area contributed by atoms with Crippen molar-refractivity contribution in [1.29, 1.82) is 0 Å². The van der Waals surface area contributed by atoms with E-state index in [4.69, 9.17) is 16.3 Å². The first-order valence-electron chi connectivity index (χ1n) is 8.22. The van der Waals surface area contributed by atoms with Gasteiger partial charge in [0.15, 0.2) is 0 Å². The third kappa shape index (κ3) is 4.40. The number of nitrogens with one attached hydrogen (secondary N) is 1. The van der Waals surface area contributed by atoms with Gasteiger partial charge in [-0.2, -0.15) is 5.10 Å². The number of amides is 1. The Morgan fingerprint density at radius 2 is 2.08 bits per heavy atom. The van der Waals surface area contributed by atoms with Crippen molar-refractivity contribution in [2.24, 2.45) is 0 Å². The summed E-state index contributed by atoms with van der Waals surface area (Å²) >= 11 is 6.13. The lowest BCUT2D eigenvalue weighted by Gasteiger charge is -2.11. The summed E-state index contributed by atoms with van der Waals surface area (Å²) in [5.74, 6) is 0.0825. The number of carbonyl (C=O) groups excluding carboxylic acids is 1. The SMILES string of the molecule is CC(C)Oc1ncc(C(=O)NCc2ccc(-n3cccn3)cc2)cc1Cl. The van der Waals surface area contributed by atoms with Gasteiger partial charge >= 0.3 is 0 Å². The molecule has 0 aliphatic carbocycles. The largest absolute Gasteiger partial charge is 0.474 e. The lowest BCUT2D eigenvalue weighted by Crippen LogP contribution is -2.23. The number of rotatable bonds is 6. The molecule has 0 aliphatic heterocycles. The summed E-state index contributed by atoms with van der Waals surface area (Å²) in [4.78, 5) is 16.4. The third-order valence-corrected chi connectivity index (χ3v) is 3.85. The molecule has 6 nitrogen and oxygen atoms in total. The van der Waals surface area contributed by atoms with E-state index in [1.807, 2.05) is 50.4 Å². The Labute approximate surface area is 156 Å². The maximum atomic E-state index is 12.3. The molecule has 3 rings (SSSR count). The number of hydrogen-bond donors (Lipinski definition) is 1. The molecular weight excluding hydrogens is 352 g/mol. The van der Waals surface area contributed by atoms with Gasteiger partial charge in [0.1, 0.15) is 5.02 Å². The maximum Gasteiger partial charge on any atom is 0.253 e. The molecule has 0 saturated carbocycles. The highest BCUT2D eigenvalue weighted by Gasteiger charge is 2.11. The van der Waals surface area contributed by atoms with Gasteiger partial charge in [-0.3, -0.25) is 4.79 Å². The predicted octanol–water partition coefficient (Wildman–Crippen LogP) is 3.64. The van der Waals surface area contributed by atoms with Crippen LogP contribution in [0.25, 0.3) is 5.69 Å². The van der Waals surface area contributed by atoms with Crippen molar-refractivity contribution >= 4 is 17.5 Å². The first-order valence-corrected chi connectivity index (χ1v) is 8.60. The Morgan fingerprint density at radius 3 is 2.69 bits per heavy atom. The van der Waals surface area contributed by atoms with Crippen LogP contribution in [0.1, 0.15) is 29.8 Å². The van der Waals surface area contributed by atoms with Crippen LogP contribution in [-0.2, 0) is 6.54 Å². The first-order chi connectivity index (χ1) is 12.5. The zero-order valence-electron chi connectivity index (χ0n) is 14.5. The van der Waals surface area contributed by atoms with Crippen LogP contribution < -0.4 is 10.1 Å². The fourth-order valence-corrected chi connectivity index (χ4v) is 2.54. The monoisotopic (exact) mass is 370 g/mol. The summed E-state index contributed by atoms with van der Waals surface area (Å²) in [7, 11) is 0. The van der Waals surface area contributed by atoms with Crippen molar-refractivity contribution in [3.63, 3.8) is 0 Å². The van der Waals surface area contributed by atoms with Gasteiger partial charge in [0, 0.05) is 25.1 Å². The molecule has 1 amide bonds. The summed E-state index contributed by atoms with van der Waals surface area (Å²) < 4.78 is 7.24. The Bertz CT molecular complexity index is 877. The second-order valence-corrected chi connectivity index (χ2v) is 6.38. The molecule has 0 fully saturated rings. The van der Waals surface area contributed by atoms with E-state index < -0.39 is 0 Å². The maximum absolute atomic E-state index is 12.3. The number of nitrogens with zero attached hydrogens (tertiary/aromatic N) is 3. The topological polar surface area (TPSA) is 69.0 Å². The van der Waals surface area contributed by atoms with E-state index in [1.165, 1.54) is 6.20 Å². The Kier molecular flexibility index (Phi) is 5.53. The minimum Gasteiger partial charge on any atom is -0.474 e. The number of aromatic nitrogens is 3. The van der Waals surface area contributed by atoms with Crippen LogP contribution in [-0.4, -0.2) is 26.8 Å². The quantitative estimate of drug-likeness (QED) is 0.719. The van der Waals surface area contributed by atoms with Gasteiger partial charge in [0.05, 0.1) is 17.4 Å². The van der Waals surface area contributed by atoms with E-state index in [1.54, 1.807) is 16.9 Å². The Hall–Kier alpha value is -2.86. The standard InChI is InChI=1S/C19H19ClN4O2/c1-13(2)26-19-17(20)10-15(12-22-19)18(25)21-11-14-4-6-16(7-5-14)24-9-3-8-23-24/h3-10,12-13H,11H2,1-2H3,(H,21,25). The third-order valence-electron chi connectivity index (χ3n) is 3.58. The summed E-state index contributed by atoms with van der Waals surface area (Å²) in [5.41, 5.74) is 2.33. The highest BCUT2D eigenvalue weighted by atomic mass is 35.5. The fourth-order valence-electron chi connectivity index (χ4n) is 2.33. The van der Waals surface area contributed by atoms with E-state index >= 15 is 0 Å². The number of ether oxygens (including phenoxy) is 1. The average Bonchev–Trinajstić information content (AvgIpc) is 3.16. The van der Waals surface area contributed by atoms with Gasteiger partial charge in [-0.05, 0) is 43.7 Å². The van der Waals surface area contributed by atoms with Crippen LogP contribution in [0.15, 0.2) is 55.0 Å². The molecule has 0 aliphatic rings. The minimum absolute atomic E-state index is 0.0376. The second-order valence-electron chi connectivity index (χ2n) is 5.98. The molecule has 0 unspecified atom stereocenters. The van der Waals surface area contributed by atoms with Crippen molar-refractivity contribution in [3.05, 3.63) is 71.1 Å². The number of benzene rings is 1. The zero-order valence-corrected chi connectivity index (χ0v) is 15.3. The molecule has 134 valence electrons. The molecule has 0 radical (unpaired) electrons. The van der Waals surface area contributed by atoms with Gasteiger partial charge in [-0.15, -0.1) is 0 Å². The van der Waals surface area contributed by atoms with Crippen molar-refractivity contribution in [2.45, 2.75) is 26.5 Å². The number of halogens is 1. The lowest BCUT2D eigenvalue weighted by atomic mass is 10.2. The molecule has 1 N–H and O–H groups in total. The Morgan fingerprint density at radius 1 is 1.31 bits per heavy atom. The van der Waals surface area contributed by atoms with Gasteiger partial charge in [0.25, 0.3) is 5.91 Å². The molecule has 0 saturated heterocycles. The summed E-state index contributed by atoms with van der Waals surface area (Å²) in [6.45, 7) is 4.17. The number of carbonyl (C=O) groups is 1. The molecule has 2 aromatic heterocycles. The molecule has 1 aromatic carbocycles. The van der Waals surface area contributed by atoms with Gasteiger partial charge < -0.3 is 10.1 Å². The van der Waals surface area contributed by atoms with Crippen LogP contribution in [0.3, 0.4) is 0 Å². The van der Waals surface area contributed by atoms with Crippen molar-refractivity contribution in [2.75, 3.05) is 0 Å². The van der Waals surface area contributed by atoms with Crippen molar-refractivity contribution in [3.8, 4) is 11.6 Å². The summed E-state index contributed by atoms with van der Waals surface area (Å²) in [6, 6.07) is 11.2. The van der Waals surface area contributed by atoms with E-state index in [0.717, 1.165) is 11.3 Å². The molecule has 7 heteroatoms. The van der Waals surface area contributed by atoms with Crippen LogP contribution in [0.4, 0.5) is 0 Å². The van der Waals surface area contributed by atoms with Crippen LogP contribution in [0.5, 0.6) is 5.88 Å². The second kappa shape index (κ2) is 8.01. The fraction of sp³-hybridized carbons (Fsp3) is 0.211. The zero-order chi connectivity index (χ0) is 18.5. The van der Waals surface area contributed by atoms with E-state index in [9.17, 15) is 4.79 Å². The van der Waals surface area contributed by atoms with E-state index in [2.05, 4.69) is 15.4 Å². The van der Waals surface area contributed by atoms with E-state index in [-0.39, 0.29) is 12.0 Å². The molecule has 0 atom stereocenters. The van der Waals surface area contributed by atoms with Gasteiger partial charge in [0.2, 0.25) is 5.88 Å². The summed E-state index contributed by atoms with van der Waals surface area (Å²) in [6.07, 6.45) is 5.02. The summed E-state index contributed by atoms with van der Waals surface area (Å²) in [5, 5.41) is 7.35. The first kappa shape index (κ1) is 17.9. The molecule has 26 heavy (non-hydrogen) atoms. The number of pyridine rings is 1. The smallest absolute Gasteiger partial charge is 0.253 e. The molecule has 2 heterocycles. The normalized spacial score (nSPS) is 10.8. The average molecular weight is 371 g/mol. The lowest BCUT2D eigenvalue weighted by molar-refractivity contribution is 0.0950. The molecule has 0 spiro atoms. The van der Waals surface area contributed by atoms with Crippen molar-refractivity contribution < 1.29 is 9.53 Å². The molecule has 0 bridgehead atoms. The van der Waals surface area contributed by atoms with Crippen molar-refractivity contribution in [1.82, 2.24) is 20.1 Å². The minimum atomic E-state index is -0.244. The predicted molar refractivity (Wildman–Crippen MR) is 99.7 cm³/mol. The van der Waals surface area contributed by atoms with E-state index in [0.29, 0.717) is 23.0 Å². The van der Waals surface area contributed by atoms with Crippen LogP contribution in [0.2, 0.25) is 5.02 Å². The highest BCUT2D eigenvalue weighted by Crippen LogP contribution is 2.23. The number of hydrogen-bond acceptors (Lipinski definition) is 4. The molecular formula is C19H19ClN4O2. The highest BCUT2D eigenvalue weighted by molar-refractivity contribution is 6.32. The van der Waals surface area contributed by atoms with Crippen LogP contribution in [0, 0.1) is 0 Å². The molecule has 3 aromatic rings. The van der Waals surface area contributed by atoms with Crippen LogP contribution >= 0.6 is 11.6 Å².